The Labute approximate surface area is 119 Å². The fraction of sp³-hybridized carbons (Fsp3) is 0.600. The van der Waals surface area contributed by atoms with E-state index in [0.717, 1.165) is 50.5 Å². The minimum Gasteiger partial charge on any atom is -0.478 e. The summed E-state index contributed by atoms with van der Waals surface area (Å²) in [5.74, 6) is 0.435. The van der Waals surface area contributed by atoms with Gasteiger partial charge in [-0.15, -0.1) is 0 Å². The molecule has 1 N–H and O–H groups in total. The third kappa shape index (κ3) is 3.70. The molecule has 0 atom stereocenters. The maximum atomic E-state index is 11.2. The number of carboxylic acid groups (broad SMARTS) is 1. The van der Waals surface area contributed by atoms with Crippen LogP contribution in [0.2, 0.25) is 0 Å². The van der Waals surface area contributed by atoms with Gasteiger partial charge in [0.05, 0.1) is 5.56 Å². The standard InChI is InChI=1S/C15H22N2O3/c1-3-13-8-12(15(18)19)9-14(16-13)17(2)10-11-4-6-20-7-5-11/h8-9,11H,3-7,10H2,1-2H3,(H,18,19). The average molecular weight is 278 g/mol. The molecule has 0 amide bonds. The maximum Gasteiger partial charge on any atom is 0.335 e. The van der Waals surface area contributed by atoms with E-state index >= 15 is 0 Å². The Bertz CT molecular complexity index is 470. The van der Waals surface area contributed by atoms with Crippen molar-refractivity contribution in [1.82, 2.24) is 4.98 Å². The number of nitrogens with zero attached hydrogens (tertiary/aromatic N) is 2. The summed E-state index contributed by atoms with van der Waals surface area (Å²) >= 11 is 0. The van der Waals surface area contributed by atoms with E-state index in [4.69, 9.17) is 9.84 Å². The minimum absolute atomic E-state index is 0.311. The van der Waals surface area contributed by atoms with Crippen LogP contribution < -0.4 is 4.90 Å². The summed E-state index contributed by atoms with van der Waals surface area (Å²) in [5.41, 5.74) is 1.13. The largest absolute Gasteiger partial charge is 0.478 e. The van der Waals surface area contributed by atoms with Crippen LogP contribution in [0.5, 0.6) is 0 Å². The lowest BCUT2D eigenvalue weighted by molar-refractivity contribution is 0.0685. The highest BCUT2D eigenvalue weighted by atomic mass is 16.5. The quantitative estimate of drug-likeness (QED) is 0.894. The number of pyridine rings is 1. The fourth-order valence-corrected chi connectivity index (χ4v) is 2.48. The molecule has 0 aliphatic carbocycles. The molecule has 0 aromatic carbocycles. The van der Waals surface area contributed by atoms with Gasteiger partial charge >= 0.3 is 5.97 Å². The zero-order valence-corrected chi connectivity index (χ0v) is 12.1. The van der Waals surface area contributed by atoms with Gasteiger partial charge in [-0.2, -0.15) is 0 Å². The van der Waals surface area contributed by atoms with Crippen molar-refractivity contribution in [1.29, 1.82) is 0 Å². The average Bonchev–Trinajstić information content (AvgIpc) is 2.47. The molecule has 1 aliphatic rings. The van der Waals surface area contributed by atoms with Gasteiger partial charge in [-0.25, -0.2) is 9.78 Å². The molecule has 1 saturated heterocycles. The molecule has 0 radical (unpaired) electrons. The number of aryl methyl sites for hydroxylation is 1. The fourth-order valence-electron chi connectivity index (χ4n) is 2.48. The Morgan fingerprint density at radius 1 is 1.45 bits per heavy atom. The van der Waals surface area contributed by atoms with Crippen LogP contribution in [0.3, 0.4) is 0 Å². The van der Waals surface area contributed by atoms with Gasteiger partial charge in [0, 0.05) is 32.5 Å². The molecule has 0 unspecified atom stereocenters. The highest BCUT2D eigenvalue weighted by molar-refractivity contribution is 5.88. The number of aromatic nitrogens is 1. The molecule has 1 aromatic rings. The van der Waals surface area contributed by atoms with Crippen LogP contribution in [0, 0.1) is 5.92 Å². The highest BCUT2D eigenvalue weighted by Crippen LogP contribution is 2.20. The van der Waals surface area contributed by atoms with E-state index in [-0.39, 0.29) is 0 Å². The normalized spacial score (nSPS) is 16.1. The second kappa shape index (κ2) is 6.70. The number of carboxylic acids is 1. The van der Waals surface area contributed by atoms with E-state index in [0.29, 0.717) is 11.5 Å². The van der Waals surface area contributed by atoms with Crippen LogP contribution in [0.25, 0.3) is 0 Å². The number of anilines is 1. The predicted octanol–water partition coefficient (Wildman–Crippen LogP) is 2.21. The van der Waals surface area contributed by atoms with Crippen molar-refractivity contribution in [3.63, 3.8) is 0 Å². The molecule has 1 aromatic heterocycles. The van der Waals surface area contributed by atoms with Crippen LogP contribution in [-0.4, -0.2) is 42.9 Å². The molecular weight excluding hydrogens is 256 g/mol. The van der Waals surface area contributed by atoms with E-state index in [9.17, 15) is 4.79 Å². The number of aromatic carboxylic acids is 1. The van der Waals surface area contributed by atoms with Gasteiger partial charge in [-0.05, 0) is 37.3 Å². The van der Waals surface area contributed by atoms with Crippen molar-refractivity contribution in [2.24, 2.45) is 5.92 Å². The molecule has 5 heteroatoms. The van der Waals surface area contributed by atoms with Gasteiger partial charge in [0.25, 0.3) is 0 Å². The highest BCUT2D eigenvalue weighted by Gasteiger charge is 2.17. The van der Waals surface area contributed by atoms with Crippen molar-refractivity contribution in [2.75, 3.05) is 31.7 Å². The molecule has 1 aliphatic heterocycles. The van der Waals surface area contributed by atoms with Crippen LogP contribution in [-0.2, 0) is 11.2 Å². The summed E-state index contributed by atoms with van der Waals surface area (Å²) in [7, 11) is 1.98. The van der Waals surface area contributed by atoms with Crippen LogP contribution in [0.4, 0.5) is 5.82 Å². The summed E-state index contributed by atoms with van der Waals surface area (Å²) in [4.78, 5) is 17.8. The van der Waals surface area contributed by atoms with Gasteiger partial charge < -0.3 is 14.7 Å². The monoisotopic (exact) mass is 278 g/mol. The zero-order valence-electron chi connectivity index (χ0n) is 12.1. The first-order valence-corrected chi connectivity index (χ1v) is 7.13. The summed E-state index contributed by atoms with van der Waals surface area (Å²) in [6.07, 6.45) is 2.85. The molecule has 1 fully saturated rings. The molecular formula is C15H22N2O3. The van der Waals surface area contributed by atoms with Crippen molar-refractivity contribution < 1.29 is 14.6 Å². The SMILES string of the molecule is CCc1cc(C(=O)O)cc(N(C)CC2CCOCC2)n1. The second-order valence-corrected chi connectivity index (χ2v) is 5.30. The lowest BCUT2D eigenvalue weighted by atomic mass is 10.00. The van der Waals surface area contributed by atoms with Crippen LogP contribution in [0.15, 0.2) is 12.1 Å². The van der Waals surface area contributed by atoms with Crippen LogP contribution >= 0.6 is 0 Å². The molecule has 5 nitrogen and oxygen atoms in total. The lowest BCUT2D eigenvalue weighted by Crippen LogP contribution is -2.30. The van der Waals surface area contributed by atoms with Crippen molar-refractivity contribution in [2.45, 2.75) is 26.2 Å². The van der Waals surface area contributed by atoms with Gasteiger partial charge in [0.15, 0.2) is 0 Å². The zero-order chi connectivity index (χ0) is 14.5. The smallest absolute Gasteiger partial charge is 0.335 e. The molecule has 0 bridgehead atoms. The summed E-state index contributed by atoms with van der Waals surface area (Å²) in [6, 6.07) is 3.30. The summed E-state index contributed by atoms with van der Waals surface area (Å²) in [5, 5.41) is 9.17. The van der Waals surface area contributed by atoms with Crippen LogP contribution in [0.1, 0.15) is 35.8 Å². The first-order chi connectivity index (χ1) is 9.60. The Balaban J connectivity index is 2.13. The van der Waals surface area contributed by atoms with E-state index in [2.05, 4.69) is 9.88 Å². The number of hydrogen-bond acceptors (Lipinski definition) is 4. The number of carbonyl (C=O) groups is 1. The maximum absolute atomic E-state index is 11.2. The van der Waals surface area contributed by atoms with Crippen molar-refractivity contribution in [3.8, 4) is 0 Å². The van der Waals surface area contributed by atoms with Gasteiger partial charge in [-0.1, -0.05) is 6.92 Å². The summed E-state index contributed by atoms with van der Waals surface area (Å²) < 4.78 is 5.36. The predicted molar refractivity (Wildman–Crippen MR) is 77.4 cm³/mol. The van der Waals surface area contributed by atoms with Gasteiger partial charge in [0.1, 0.15) is 5.82 Å². The van der Waals surface area contributed by atoms with Crippen molar-refractivity contribution >= 4 is 11.8 Å². The Kier molecular flexibility index (Phi) is 4.95. The van der Waals surface area contributed by atoms with Crippen molar-refractivity contribution in [3.05, 3.63) is 23.4 Å². The van der Waals surface area contributed by atoms with Gasteiger partial charge in [0.2, 0.25) is 0 Å². The third-order valence-corrected chi connectivity index (χ3v) is 3.74. The minimum atomic E-state index is -0.900. The second-order valence-electron chi connectivity index (χ2n) is 5.30. The number of hydrogen-bond donors (Lipinski definition) is 1. The molecule has 2 rings (SSSR count). The Morgan fingerprint density at radius 2 is 2.15 bits per heavy atom. The Morgan fingerprint density at radius 3 is 2.75 bits per heavy atom. The van der Waals surface area contributed by atoms with E-state index in [1.807, 2.05) is 14.0 Å². The number of ether oxygens (including phenoxy) is 1. The number of rotatable bonds is 5. The van der Waals surface area contributed by atoms with E-state index in [1.54, 1.807) is 12.1 Å². The molecule has 0 spiro atoms. The van der Waals surface area contributed by atoms with E-state index in [1.165, 1.54) is 0 Å². The Hall–Kier alpha value is -1.62. The molecule has 0 saturated carbocycles. The molecule has 20 heavy (non-hydrogen) atoms. The third-order valence-electron chi connectivity index (χ3n) is 3.74. The topological polar surface area (TPSA) is 62.7 Å². The molecule has 2 heterocycles. The van der Waals surface area contributed by atoms with E-state index < -0.39 is 5.97 Å². The van der Waals surface area contributed by atoms with Gasteiger partial charge in [-0.3, -0.25) is 0 Å². The first kappa shape index (κ1) is 14.8. The lowest BCUT2D eigenvalue weighted by Gasteiger charge is -2.28. The first-order valence-electron chi connectivity index (χ1n) is 7.13. The molecule has 110 valence electrons. The summed E-state index contributed by atoms with van der Waals surface area (Å²) in [6.45, 7) is 4.52.